The van der Waals surface area contributed by atoms with Crippen molar-refractivity contribution in [2.45, 2.75) is 125 Å². The first-order valence-corrected chi connectivity index (χ1v) is 18.0. The van der Waals surface area contributed by atoms with Gasteiger partial charge in [0.2, 0.25) is 0 Å². The molecule has 0 fully saturated rings. The highest BCUT2D eigenvalue weighted by Gasteiger charge is 2.21. The van der Waals surface area contributed by atoms with Gasteiger partial charge in [-0.15, -0.1) is 0 Å². The zero-order valence-corrected chi connectivity index (χ0v) is 33.6. The fourth-order valence-corrected chi connectivity index (χ4v) is 5.33. The number of aliphatic hydroxyl groups is 1. The second kappa shape index (κ2) is 25.3. The zero-order valence-electron chi connectivity index (χ0n) is 33.6. The first kappa shape index (κ1) is 53.3. The topological polar surface area (TPSA) is 190 Å². The largest absolute Gasteiger partial charge is 0.507 e. The minimum Gasteiger partial charge on any atom is -0.507 e. The van der Waals surface area contributed by atoms with Gasteiger partial charge in [0.1, 0.15) is 23.5 Å². The molecule has 2 aliphatic heterocycles. The molecule has 10 nitrogen and oxygen atoms in total. The highest BCUT2D eigenvalue weighted by molar-refractivity contribution is 5.97. The number of ketones is 2. The van der Waals surface area contributed by atoms with E-state index in [1.165, 1.54) is 12.1 Å². The minimum atomic E-state index is -0.794. The molecule has 2 atom stereocenters. The number of allylic oxidation sites excluding steroid dienone is 4. The molecule has 13 heteroatoms. The van der Waals surface area contributed by atoms with Crippen molar-refractivity contribution in [3.63, 3.8) is 0 Å². The average molecular weight is 793 g/mol. The number of rotatable bonds is 0. The lowest BCUT2D eigenvalue weighted by molar-refractivity contribution is -0.117. The fraction of sp³-hybridized carbons (Fsp3) is 0.442. The van der Waals surface area contributed by atoms with Gasteiger partial charge in [0.15, 0.2) is 23.2 Å². The zero-order chi connectivity index (χ0) is 39.9. The molecule has 0 unspecified atom stereocenters. The normalized spacial score (nSPS) is 21.2. The highest BCUT2D eigenvalue weighted by Crippen LogP contribution is 2.27. The van der Waals surface area contributed by atoms with E-state index in [0.29, 0.717) is 36.8 Å². The molecule has 0 spiro atoms. The van der Waals surface area contributed by atoms with Crippen LogP contribution in [0.5, 0.6) is 5.75 Å². The molecule has 2 aromatic rings. The molecule has 0 amide bonds. The quantitative estimate of drug-likeness (QED) is 0.249. The van der Waals surface area contributed by atoms with E-state index in [1.807, 2.05) is 45.1 Å². The van der Waals surface area contributed by atoms with E-state index in [1.54, 1.807) is 52.8 Å². The molecule has 312 valence electrons. The maximum absolute atomic E-state index is 13.7. The Morgan fingerprint density at radius 1 is 0.679 bits per heavy atom. The molecule has 6 N–H and O–H groups in total. The van der Waals surface area contributed by atoms with Crippen LogP contribution in [0.25, 0.3) is 12.2 Å². The van der Waals surface area contributed by atoms with E-state index in [9.17, 15) is 33.1 Å². The van der Waals surface area contributed by atoms with E-state index in [-0.39, 0.29) is 52.7 Å². The summed E-state index contributed by atoms with van der Waals surface area (Å²) in [7, 11) is 0. The van der Waals surface area contributed by atoms with Gasteiger partial charge in [0.25, 0.3) is 0 Å². The smallest absolute Gasteiger partial charge is 0.342 e. The number of cyclic esters (lactones) is 2. The molecule has 4 rings (SSSR count). The van der Waals surface area contributed by atoms with Gasteiger partial charge in [0, 0.05) is 25.7 Å². The number of aromatic hydroxyl groups is 1. The summed E-state index contributed by atoms with van der Waals surface area (Å²) in [4.78, 5) is 48.2. The monoisotopic (exact) mass is 792 g/mol. The summed E-state index contributed by atoms with van der Waals surface area (Å²) in [5.41, 5.74) is 4.26. The summed E-state index contributed by atoms with van der Waals surface area (Å²) in [5.74, 6) is -3.80. The summed E-state index contributed by atoms with van der Waals surface area (Å²) in [6, 6.07) is 7.18. The first-order chi connectivity index (χ1) is 24.8. The highest BCUT2D eigenvalue weighted by atomic mass is 19.1. The van der Waals surface area contributed by atoms with Crippen LogP contribution in [0.1, 0.15) is 135 Å². The summed E-state index contributed by atoms with van der Waals surface area (Å²) in [6.45, 7) is 14.2. The molecule has 0 saturated heterocycles. The minimum absolute atomic E-state index is 0. The number of halogens is 3. The van der Waals surface area contributed by atoms with Crippen LogP contribution in [-0.4, -0.2) is 62.5 Å². The van der Waals surface area contributed by atoms with Crippen molar-refractivity contribution in [3.05, 3.63) is 99.2 Å². The lowest BCUT2D eigenvalue weighted by Gasteiger charge is -2.15. The molecular weight excluding hydrogens is 733 g/mol. The van der Waals surface area contributed by atoms with E-state index in [0.717, 1.165) is 28.3 Å². The molecule has 0 radical (unpaired) electrons. The molecule has 56 heavy (non-hydrogen) atoms. The summed E-state index contributed by atoms with van der Waals surface area (Å²) in [6.07, 6.45) is 11.5. The van der Waals surface area contributed by atoms with Crippen molar-refractivity contribution in [3.8, 4) is 5.75 Å². The Kier molecular flexibility index (Phi) is 24.1. The number of hydrogen-bond acceptors (Lipinski definition) is 8. The second-order valence-corrected chi connectivity index (χ2v) is 14.4. The van der Waals surface area contributed by atoms with Crippen molar-refractivity contribution < 1.29 is 63.3 Å². The molecule has 0 aliphatic carbocycles. The number of esters is 2. The number of phenols is 1. The first-order valence-electron chi connectivity index (χ1n) is 18.0. The standard InChI is InChI=1S/C20H23FO3.C19H21FO4.C4H10O.FH.2H2O/c1-13-11-14(2)19-16(12-13)7-5-4-6-8-18(22)17(21)10-9-15(3)24-20(19)23;1-12-10-14-6-4-3-5-7-16(21)15(20)9-8-13(2)24-19(23)18(14)17(22)11-12;1-4(2,3)5;;;/h5,7,10-12,15H,4,6,8-9H2,1-3H3;4,6,9-11,13,22H,3,5,7-8H2,1-2H3;5H,1-3H3;1H;2*1H2/b7-5+,17-10+;6-4+,15-9+;;;;/t15-;13-;;;;/m00..../s1. The maximum atomic E-state index is 13.7. The van der Waals surface area contributed by atoms with Gasteiger partial charge in [-0.3, -0.25) is 14.3 Å². The van der Waals surface area contributed by atoms with Gasteiger partial charge >= 0.3 is 11.9 Å². The number of Topliss-reactive ketones (excluding diaryl/α,β-unsaturated/α-hetero) is 2. The third kappa shape index (κ3) is 19.1. The molecule has 0 aromatic heterocycles. The van der Waals surface area contributed by atoms with Crippen molar-refractivity contribution in [1.82, 2.24) is 0 Å². The van der Waals surface area contributed by atoms with Gasteiger partial charge in [-0.05, 0) is 122 Å². The lowest BCUT2D eigenvalue weighted by atomic mass is 9.98. The second-order valence-electron chi connectivity index (χ2n) is 14.4. The SMILES string of the molecule is CC(C)(C)O.Cc1cc(C)c2c(c1)/C=C/CCCC(=O)/C(F)=C\C[C@H](C)OC2=O.Cc1cc(O)c2c(c1)/C=C/CCCC(=O)/C(F)=C\C[C@H](C)OC2=O.F.O.O. The molecule has 2 aliphatic rings. The van der Waals surface area contributed by atoms with Gasteiger partial charge in [-0.2, -0.15) is 0 Å². The van der Waals surface area contributed by atoms with Gasteiger partial charge in [-0.1, -0.05) is 48.1 Å². The van der Waals surface area contributed by atoms with E-state index >= 15 is 0 Å². The Labute approximate surface area is 328 Å². The van der Waals surface area contributed by atoms with Gasteiger partial charge in [0.05, 0.1) is 11.2 Å². The third-order valence-corrected chi connectivity index (χ3v) is 7.76. The van der Waals surface area contributed by atoms with Crippen molar-refractivity contribution in [2.75, 3.05) is 0 Å². The molecule has 0 bridgehead atoms. The number of hydrogen-bond donors (Lipinski definition) is 2. The van der Waals surface area contributed by atoms with Gasteiger partial charge in [-0.25, -0.2) is 18.4 Å². The Morgan fingerprint density at radius 3 is 1.48 bits per heavy atom. The van der Waals surface area contributed by atoms with E-state index in [2.05, 4.69) is 0 Å². The summed E-state index contributed by atoms with van der Waals surface area (Å²) in [5, 5.41) is 18.6. The van der Waals surface area contributed by atoms with Crippen LogP contribution in [0.4, 0.5) is 13.5 Å². The average Bonchev–Trinajstić information content (AvgIpc) is 3.03. The lowest BCUT2D eigenvalue weighted by Crippen LogP contribution is -2.17. The van der Waals surface area contributed by atoms with Crippen molar-refractivity contribution in [2.24, 2.45) is 0 Å². The van der Waals surface area contributed by atoms with Crippen LogP contribution in [0.3, 0.4) is 0 Å². The number of benzene rings is 2. The Bertz CT molecular complexity index is 1630. The van der Waals surface area contributed by atoms with Crippen LogP contribution < -0.4 is 0 Å². The third-order valence-electron chi connectivity index (χ3n) is 7.76. The predicted molar refractivity (Wildman–Crippen MR) is 214 cm³/mol. The number of phenolic OH excluding ortho intramolecular Hbond substituents is 1. The predicted octanol–water partition coefficient (Wildman–Crippen LogP) is 8.39. The van der Waals surface area contributed by atoms with Crippen LogP contribution in [-0.2, 0) is 19.1 Å². The number of aryl methyl sites for hydroxylation is 3. The Balaban J connectivity index is 0. The number of ether oxygens (including phenoxy) is 2. The fourth-order valence-electron chi connectivity index (χ4n) is 5.33. The molecular formula is C43H59F3O10. The van der Waals surface area contributed by atoms with Crippen LogP contribution in [0, 0.1) is 20.8 Å². The Morgan fingerprint density at radius 2 is 1.05 bits per heavy atom. The Hall–Kier alpha value is -4.85. The van der Waals surface area contributed by atoms with Crippen LogP contribution in [0.2, 0.25) is 0 Å². The summed E-state index contributed by atoms with van der Waals surface area (Å²) < 4.78 is 38.1. The van der Waals surface area contributed by atoms with E-state index < -0.39 is 53.0 Å². The van der Waals surface area contributed by atoms with E-state index in [4.69, 9.17) is 14.6 Å². The van der Waals surface area contributed by atoms with Crippen LogP contribution in [0.15, 0.2) is 60.2 Å². The van der Waals surface area contributed by atoms with Crippen molar-refractivity contribution >= 4 is 35.7 Å². The molecule has 2 aromatic carbocycles. The summed E-state index contributed by atoms with van der Waals surface area (Å²) >= 11 is 0. The number of carbonyl (C=O) groups is 4. The number of carbonyl (C=O) groups excluding carboxylic acids is 4. The molecule has 2 heterocycles. The molecule has 0 saturated carbocycles. The number of fused-ring (bicyclic) bond motifs is 2. The van der Waals surface area contributed by atoms with Crippen molar-refractivity contribution in [1.29, 1.82) is 0 Å². The van der Waals surface area contributed by atoms with Gasteiger partial charge < -0.3 is 30.6 Å². The van der Waals surface area contributed by atoms with Crippen LogP contribution >= 0.6 is 0 Å². The maximum Gasteiger partial charge on any atom is 0.342 e.